The number of nitrogens with zero attached hydrogens (tertiary/aromatic N) is 5. The van der Waals surface area contributed by atoms with Gasteiger partial charge in [-0.3, -0.25) is 9.69 Å². The van der Waals surface area contributed by atoms with Crippen LogP contribution in [0.15, 0.2) is 48.8 Å². The Morgan fingerprint density at radius 2 is 1.89 bits per heavy atom. The standard InChI is InChI=1S/C21H26N6O/c1-16(25-11-13-26(14-12-25)18-7-4-3-5-8-18)15-23-21(28)19-17(2)24-27-10-6-9-22-20(19)27/h3-10,16H,11-15H2,1-2H3,(H,23,28)/t16-/m0/s1. The molecule has 1 aliphatic heterocycles. The Morgan fingerprint density at radius 3 is 2.64 bits per heavy atom. The number of nitrogens with one attached hydrogen (secondary N) is 1. The van der Waals surface area contributed by atoms with Gasteiger partial charge in [-0.25, -0.2) is 9.50 Å². The van der Waals surface area contributed by atoms with Gasteiger partial charge in [0.2, 0.25) is 0 Å². The van der Waals surface area contributed by atoms with Gasteiger partial charge < -0.3 is 10.2 Å². The predicted molar refractivity (Wildman–Crippen MR) is 110 cm³/mol. The molecule has 1 saturated heterocycles. The van der Waals surface area contributed by atoms with Crippen molar-refractivity contribution in [2.45, 2.75) is 19.9 Å². The van der Waals surface area contributed by atoms with Crippen LogP contribution in [0, 0.1) is 6.92 Å². The van der Waals surface area contributed by atoms with E-state index in [0.717, 1.165) is 26.2 Å². The van der Waals surface area contributed by atoms with Crippen molar-refractivity contribution >= 4 is 17.2 Å². The van der Waals surface area contributed by atoms with E-state index in [0.29, 0.717) is 23.4 Å². The second-order valence-corrected chi connectivity index (χ2v) is 7.27. The number of carbonyl (C=O) groups excluding carboxylic acids is 1. The highest BCUT2D eigenvalue weighted by molar-refractivity contribution is 6.00. The first-order chi connectivity index (χ1) is 13.6. The average Bonchev–Trinajstić information content (AvgIpc) is 3.08. The normalized spacial score (nSPS) is 16.3. The summed E-state index contributed by atoms with van der Waals surface area (Å²) in [6, 6.07) is 12.6. The third-order valence-electron chi connectivity index (χ3n) is 5.41. The number of rotatable bonds is 5. The molecule has 2 aromatic heterocycles. The molecule has 0 bridgehead atoms. The maximum Gasteiger partial charge on any atom is 0.257 e. The lowest BCUT2D eigenvalue weighted by Crippen LogP contribution is -2.52. The van der Waals surface area contributed by atoms with Crippen LogP contribution in [0.4, 0.5) is 5.69 Å². The SMILES string of the molecule is Cc1nn2cccnc2c1C(=O)NC[C@H](C)N1CCN(c2ccccc2)CC1. The minimum absolute atomic E-state index is 0.110. The molecule has 3 aromatic rings. The monoisotopic (exact) mass is 378 g/mol. The maximum atomic E-state index is 12.7. The summed E-state index contributed by atoms with van der Waals surface area (Å²) in [5, 5.41) is 7.44. The van der Waals surface area contributed by atoms with Crippen molar-refractivity contribution in [3.05, 3.63) is 60.0 Å². The molecule has 7 heteroatoms. The van der Waals surface area contributed by atoms with Crippen LogP contribution in [0.5, 0.6) is 0 Å². The Hall–Kier alpha value is -2.93. The average molecular weight is 378 g/mol. The molecule has 146 valence electrons. The predicted octanol–water partition coefficient (Wildman–Crippen LogP) is 1.98. The third kappa shape index (κ3) is 3.71. The summed E-state index contributed by atoms with van der Waals surface area (Å²) in [6.45, 7) is 8.59. The fourth-order valence-corrected chi connectivity index (χ4v) is 3.78. The highest BCUT2D eigenvalue weighted by Crippen LogP contribution is 2.17. The van der Waals surface area contributed by atoms with E-state index in [1.54, 1.807) is 23.0 Å². The molecular formula is C21H26N6O. The van der Waals surface area contributed by atoms with Gasteiger partial charge in [0.05, 0.1) is 5.69 Å². The molecule has 28 heavy (non-hydrogen) atoms. The third-order valence-corrected chi connectivity index (χ3v) is 5.41. The van der Waals surface area contributed by atoms with Crippen LogP contribution in [0.1, 0.15) is 23.0 Å². The minimum atomic E-state index is -0.110. The van der Waals surface area contributed by atoms with Gasteiger partial charge in [-0.15, -0.1) is 0 Å². The van der Waals surface area contributed by atoms with Crippen LogP contribution < -0.4 is 10.2 Å². The molecule has 0 aliphatic carbocycles. The zero-order valence-electron chi connectivity index (χ0n) is 16.4. The molecule has 1 aromatic carbocycles. The zero-order valence-corrected chi connectivity index (χ0v) is 16.4. The van der Waals surface area contributed by atoms with E-state index in [1.165, 1.54) is 5.69 Å². The summed E-state index contributed by atoms with van der Waals surface area (Å²) in [5.74, 6) is -0.110. The summed E-state index contributed by atoms with van der Waals surface area (Å²) in [5.41, 5.74) is 3.13. The van der Waals surface area contributed by atoms with Crippen LogP contribution in [0.25, 0.3) is 5.65 Å². The van der Waals surface area contributed by atoms with E-state index in [9.17, 15) is 4.79 Å². The summed E-state index contributed by atoms with van der Waals surface area (Å²) >= 11 is 0. The number of hydrogen-bond acceptors (Lipinski definition) is 5. The smallest absolute Gasteiger partial charge is 0.257 e. The van der Waals surface area contributed by atoms with E-state index >= 15 is 0 Å². The minimum Gasteiger partial charge on any atom is -0.369 e. The lowest BCUT2D eigenvalue weighted by atomic mass is 10.2. The first-order valence-corrected chi connectivity index (χ1v) is 9.75. The van der Waals surface area contributed by atoms with Gasteiger partial charge in [0, 0.05) is 56.8 Å². The molecule has 0 saturated carbocycles. The van der Waals surface area contributed by atoms with E-state index in [-0.39, 0.29) is 11.9 Å². The van der Waals surface area contributed by atoms with Gasteiger partial charge in [-0.05, 0) is 32.0 Å². The Balaban J connectivity index is 1.33. The number of para-hydroxylation sites is 1. The van der Waals surface area contributed by atoms with Crippen LogP contribution >= 0.6 is 0 Å². The molecule has 0 unspecified atom stereocenters. The summed E-state index contributed by atoms with van der Waals surface area (Å²) in [7, 11) is 0. The molecule has 3 heterocycles. The first kappa shape index (κ1) is 18.4. The van der Waals surface area contributed by atoms with Gasteiger partial charge in [0.1, 0.15) is 5.56 Å². The van der Waals surface area contributed by atoms with E-state index in [4.69, 9.17) is 0 Å². The fourth-order valence-electron chi connectivity index (χ4n) is 3.78. The van der Waals surface area contributed by atoms with Gasteiger partial charge in [-0.1, -0.05) is 18.2 Å². The molecule has 0 radical (unpaired) electrons. The zero-order chi connectivity index (χ0) is 19.5. The van der Waals surface area contributed by atoms with E-state index in [1.807, 2.05) is 13.0 Å². The van der Waals surface area contributed by atoms with Crippen molar-refractivity contribution in [3.8, 4) is 0 Å². The quantitative estimate of drug-likeness (QED) is 0.735. The van der Waals surface area contributed by atoms with Crippen LogP contribution in [0.2, 0.25) is 0 Å². The van der Waals surface area contributed by atoms with E-state index in [2.05, 4.69) is 56.4 Å². The van der Waals surface area contributed by atoms with Crippen molar-refractivity contribution in [3.63, 3.8) is 0 Å². The van der Waals surface area contributed by atoms with Crippen LogP contribution in [-0.4, -0.2) is 64.2 Å². The van der Waals surface area contributed by atoms with Gasteiger partial charge in [-0.2, -0.15) is 5.10 Å². The number of anilines is 1. The molecule has 0 spiro atoms. The van der Waals surface area contributed by atoms with Crippen molar-refractivity contribution in [2.75, 3.05) is 37.6 Å². The first-order valence-electron chi connectivity index (χ1n) is 9.75. The Bertz CT molecular complexity index is 946. The number of fused-ring (bicyclic) bond motifs is 1. The topological polar surface area (TPSA) is 65.8 Å². The Labute approximate surface area is 165 Å². The summed E-state index contributed by atoms with van der Waals surface area (Å²) < 4.78 is 1.65. The molecular weight excluding hydrogens is 352 g/mol. The molecule has 1 fully saturated rings. The molecule has 1 amide bonds. The largest absolute Gasteiger partial charge is 0.369 e. The molecule has 7 nitrogen and oxygen atoms in total. The van der Waals surface area contributed by atoms with Crippen molar-refractivity contribution < 1.29 is 4.79 Å². The molecule has 1 atom stereocenters. The summed E-state index contributed by atoms with van der Waals surface area (Å²) in [6.07, 6.45) is 3.49. The Morgan fingerprint density at radius 1 is 1.14 bits per heavy atom. The number of aromatic nitrogens is 3. The van der Waals surface area contributed by atoms with Crippen LogP contribution in [-0.2, 0) is 0 Å². The van der Waals surface area contributed by atoms with Gasteiger partial charge >= 0.3 is 0 Å². The molecule has 1 N–H and O–H groups in total. The highest BCUT2D eigenvalue weighted by atomic mass is 16.1. The number of amides is 1. The van der Waals surface area contributed by atoms with Crippen molar-refractivity contribution in [1.82, 2.24) is 24.8 Å². The number of aryl methyl sites for hydroxylation is 1. The van der Waals surface area contributed by atoms with E-state index < -0.39 is 0 Å². The highest BCUT2D eigenvalue weighted by Gasteiger charge is 2.23. The number of benzene rings is 1. The second kappa shape index (κ2) is 7.98. The lowest BCUT2D eigenvalue weighted by Gasteiger charge is -2.39. The fraction of sp³-hybridized carbons (Fsp3) is 0.381. The maximum absolute atomic E-state index is 12.7. The van der Waals surface area contributed by atoms with Gasteiger partial charge in [0.25, 0.3) is 5.91 Å². The van der Waals surface area contributed by atoms with Crippen molar-refractivity contribution in [2.24, 2.45) is 0 Å². The number of piperazine rings is 1. The summed E-state index contributed by atoms with van der Waals surface area (Å²) in [4.78, 5) is 21.9. The second-order valence-electron chi connectivity index (χ2n) is 7.27. The number of carbonyl (C=O) groups is 1. The van der Waals surface area contributed by atoms with Crippen molar-refractivity contribution in [1.29, 1.82) is 0 Å². The lowest BCUT2D eigenvalue weighted by molar-refractivity contribution is 0.0935. The van der Waals surface area contributed by atoms with Gasteiger partial charge in [0.15, 0.2) is 5.65 Å². The van der Waals surface area contributed by atoms with Crippen LogP contribution in [0.3, 0.4) is 0 Å². The number of hydrogen-bond donors (Lipinski definition) is 1. The molecule has 4 rings (SSSR count). The Kier molecular flexibility index (Phi) is 5.25. The molecule has 1 aliphatic rings.